The molecule has 0 heterocycles. The van der Waals surface area contributed by atoms with Crippen molar-refractivity contribution in [2.45, 2.75) is 6.61 Å². The largest absolute Gasteiger partial charge is 0.457 e. The normalized spacial score (nSPS) is 10.2. The van der Waals surface area contributed by atoms with Gasteiger partial charge in [-0.3, -0.25) is 10.1 Å². The van der Waals surface area contributed by atoms with Gasteiger partial charge in [-0.05, 0) is 23.8 Å². The van der Waals surface area contributed by atoms with Crippen molar-refractivity contribution in [1.29, 1.82) is 0 Å². The van der Waals surface area contributed by atoms with Crippen LogP contribution in [-0.2, 0) is 11.3 Å². The van der Waals surface area contributed by atoms with E-state index in [1.165, 1.54) is 30.3 Å². The van der Waals surface area contributed by atoms with E-state index in [1.54, 1.807) is 12.1 Å². The van der Waals surface area contributed by atoms with Crippen molar-refractivity contribution >= 4 is 34.9 Å². The van der Waals surface area contributed by atoms with Crippen molar-refractivity contribution in [1.82, 2.24) is 0 Å². The smallest absolute Gasteiger partial charge is 0.340 e. The first-order valence-electron chi connectivity index (χ1n) is 5.83. The number of esters is 1. The van der Waals surface area contributed by atoms with Gasteiger partial charge in [0.2, 0.25) is 0 Å². The fourth-order valence-corrected chi connectivity index (χ4v) is 2.01. The molecule has 7 heteroatoms. The molecule has 0 aliphatic carbocycles. The predicted octanol–water partition coefficient (Wildman–Crippen LogP) is 4.26. The number of nitro benzene ring substituents is 1. The Morgan fingerprint density at radius 2 is 1.95 bits per heavy atom. The van der Waals surface area contributed by atoms with Crippen LogP contribution in [0.5, 0.6) is 0 Å². The van der Waals surface area contributed by atoms with Crippen LogP contribution in [0.15, 0.2) is 42.5 Å². The summed E-state index contributed by atoms with van der Waals surface area (Å²) in [5, 5.41) is 11.2. The van der Waals surface area contributed by atoms with E-state index in [9.17, 15) is 14.9 Å². The summed E-state index contributed by atoms with van der Waals surface area (Å²) in [4.78, 5) is 22.1. The molecule has 0 N–H and O–H groups in total. The first-order chi connectivity index (χ1) is 9.97. The van der Waals surface area contributed by atoms with Crippen LogP contribution in [0.25, 0.3) is 0 Å². The van der Waals surface area contributed by atoms with E-state index in [2.05, 4.69) is 0 Å². The Morgan fingerprint density at radius 1 is 1.19 bits per heavy atom. The van der Waals surface area contributed by atoms with Gasteiger partial charge in [0.05, 0.1) is 15.5 Å². The zero-order valence-electron chi connectivity index (χ0n) is 10.6. The second kappa shape index (κ2) is 6.56. The Morgan fingerprint density at radius 3 is 2.67 bits per heavy atom. The number of hydrogen-bond acceptors (Lipinski definition) is 4. The van der Waals surface area contributed by atoms with Crippen molar-refractivity contribution in [3.05, 3.63) is 73.8 Å². The maximum absolute atomic E-state index is 11.9. The maximum Gasteiger partial charge on any atom is 0.340 e. The molecule has 2 rings (SSSR count). The summed E-state index contributed by atoms with van der Waals surface area (Å²) in [6.45, 7) is -0.0939. The highest BCUT2D eigenvalue weighted by Gasteiger charge is 2.13. The molecule has 5 nitrogen and oxygen atoms in total. The molecular formula is C14H9Cl2NO4. The number of nitro groups is 1. The molecule has 0 radical (unpaired) electrons. The van der Waals surface area contributed by atoms with Crippen LogP contribution >= 0.6 is 23.2 Å². The minimum Gasteiger partial charge on any atom is -0.457 e. The molecule has 2 aromatic rings. The Labute approximate surface area is 130 Å². The van der Waals surface area contributed by atoms with Gasteiger partial charge in [0, 0.05) is 17.2 Å². The molecule has 0 aromatic heterocycles. The topological polar surface area (TPSA) is 69.4 Å². The molecular weight excluding hydrogens is 317 g/mol. The van der Waals surface area contributed by atoms with E-state index in [0.29, 0.717) is 10.6 Å². The van der Waals surface area contributed by atoms with Crippen LogP contribution in [0.1, 0.15) is 15.9 Å². The SMILES string of the molecule is O=C(OCc1cccc([N+](=O)[O-])c1)c1cc(Cl)ccc1Cl. The van der Waals surface area contributed by atoms with Crippen LogP contribution in [0, 0.1) is 10.1 Å². The molecule has 0 amide bonds. The summed E-state index contributed by atoms with van der Waals surface area (Å²) in [7, 11) is 0. The lowest BCUT2D eigenvalue weighted by Gasteiger charge is -2.06. The summed E-state index contributed by atoms with van der Waals surface area (Å²) in [5.41, 5.74) is 0.592. The number of hydrogen-bond donors (Lipinski definition) is 0. The van der Waals surface area contributed by atoms with Gasteiger partial charge in [-0.2, -0.15) is 0 Å². The number of benzene rings is 2. The van der Waals surface area contributed by atoms with Crippen molar-refractivity contribution in [3.63, 3.8) is 0 Å². The Bertz CT molecular complexity index is 703. The van der Waals surface area contributed by atoms with Crippen LogP contribution in [0.2, 0.25) is 10.0 Å². The average molecular weight is 326 g/mol. The van der Waals surface area contributed by atoms with E-state index >= 15 is 0 Å². The lowest BCUT2D eigenvalue weighted by Crippen LogP contribution is -2.06. The third-order valence-corrected chi connectivity index (χ3v) is 3.20. The molecule has 0 unspecified atom stereocenters. The van der Waals surface area contributed by atoms with E-state index in [4.69, 9.17) is 27.9 Å². The van der Waals surface area contributed by atoms with Crippen LogP contribution in [0.4, 0.5) is 5.69 Å². The van der Waals surface area contributed by atoms with Crippen LogP contribution in [-0.4, -0.2) is 10.9 Å². The quantitative estimate of drug-likeness (QED) is 0.478. The molecule has 0 saturated heterocycles. The molecule has 0 bridgehead atoms. The van der Waals surface area contributed by atoms with E-state index in [-0.39, 0.29) is 22.9 Å². The van der Waals surface area contributed by atoms with Gasteiger partial charge in [0.1, 0.15) is 6.61 Å². The Balaban J connectivity index is 2.09. The van der Waals surface area contributed by atoms with Gasteiger partial charge >= 0.3 is 5.97 Å². The van der Waals surface area contributed by atoms with Crippen LogP contribution < -0.4 is 0 Å². The third-order valence-electron chi connectivity index (χ3n) is 2.64. The number of carbonyl (C=O) groups is 1. The minimum absolute atomic E-state index is 0.0654. The zero-order valence-corrected chi connectivity index (χ0v) is 12.1. The Hall–Kier alpha value is -2.11. The van der Waals surface area contributed by atoms with Crippen molar-refractivity contribution in [2.24, 2.45) is 0 Å². The maximum atomic E-state index is 11.9. The number of non-ortho nitro benzene ring substituents is 1. The summed E-state index contributed by atoms with van der Waals surface area (Å²) in [5.74, 6) is -0.644. The van der Waals surface area contributed by atoms with Crippen molar-refractivity contribution in [3.8, 4) is 0 Å². The van der Waals surface area contributed by atoms with Crippen molar-refractivity contribution in [2.75, 3.05) is 0 Å². The molecule has 21 heavy (non-hydrogen) atoms. The second-order valence-corrected chi connectivity index (χ2v) is 4.97. The number of halogens is 2. The molecule has 0 saturated carbocycles. The Kier molecular flexibility index (Phi) is 4.77. The predicted molar refractivity (Wildman–Crippen MR) is 78.7 cm³/mol. The summed E-state index contributed by atoms with van der Waals surface area (Å²) in [6.07, 6.45) is 0. The fourth-order valence-electron chi connectivity index (χ4n) is 1.64. The van der Waals surface area contributed by atoms with Gasteiger partial charge in [-0.25, -0.2) is 4.79 Å². The highest BCUT2D eigenvalue weighted by Crippen LogP contribution is 2.22. The lowest BCUT2D eigenvalue weighted by atomic mass is 10.2. The number of ether oxygens (including phenoxy) is 1. The number of rotatable bonds is 4. The van der Waals surface area contributed by atoms with Gasteiger partial charge in [-0.15, -0.1) is 0 Å². The van der Waals surface area contributed by atoms with Gasteiger partial charge in [0.15, 0.2) is 0 Å². The number of carbonyl (C=O) groups excluding carboxylic acids is 1. The molecule has 0 aliphatic heterocycles. The highest BCUT2D eigenvalue weighted by molar-refractivity contribution is 6.35. The summed E-state index contributed by atoms with van der Waals surface area (Å²) >= 11 is 11.7. The van der Waals surface area contributed by atoms with Crippen molar-refractivity contribution < 1.29 is 14.5 Å². The monoisotopic (exact) mass is 325 g/mol. The molecule has 2 aromatic carbocycles. The zero-order chi connectivity index (χ0) is 15.4. The summed E-state index contributed by atoms with van der Waals surface area (Å²) < 4.78 is 5.08. The van der Waals surface area contributed by atoms with Crippen LogP contribution in [0.3, 0.4) is 0 Å². The molecule has 0 aliphatic rings. The molecule has 0 atom stereocenters. The third kappa shape index (κ3) is 3.93. The highest BCUT2D eigenvalue weighted by atomic mass is 35.5. The first-order valence-corrected chi connectivity index (χ1v) is 6.58. The van der Waals surface area contributed by atoms with Gasteiger partial charge in [0.25, 0.3) is 5.69 Å². The number of nitrogens with zero attached hydrogens (tertiary/aromatic N) is 1. The lowest BCUT2D eigenvalue weighted by molar-refractivity contribution is -0.384. The van der Waals surface area contributed by atoms with Gasteiger partial charge < -0.3 is 4.74 Å². The molecule has 0 fully saturated rings. The summed E-state index contributed by atoms with van der Waals surface area (Å²) in [6, 6.07) is 10.3. The second-order valence-electron chi connectivity index (χ2n) is 4.13. The molecule has 0 spiro atoms. The minimum atomic E-state index is -0.644. The average Bonchev–Trinajstić information content (AvgIpc) is 2.47. The standard InChI is InChI=1S/C14H9Cl2NO4/c15-10-4-5-13(16)12(7-10)14(18)21-8-9-2-1-3-11(6-9)17(19)20/h1-7H,8H2. The van der Waals surface area contributed by atoms with E-state index < -0.39 is 10.9 Å². The first kappa shape index (κ1) is 15.3. The van der Waals surface area contributed by atoms with E-state index in [1.807, 2.05) is 0 Å². The van der Waals surface area contributed by atoms with Gasteiger partial charge in [-0.1, -0.05) is 35.3 Å². The van der Waals surface area contributed by atoms with E-state index in [0.717, 1.165) is 0 Å². The fraction of sp³-hybridized carbons (Fsp3) is 0.0714. The molecule has 108 valence electrons.